The van der Waals surface area contributed by atoms with Crippen molar-refractivity contribution in [2.75, 3.05) is 5.73 Å². The Morgan fingerprint density at radius 3 is 2.62 bits per heavy atom. The summed E-state index contributed by atoms with van der Waals surface area (Å²) in [5.41, 5.74) is 7.66. The predicted molar refractivity (Wildman–Crippen MR) is 65.5 cm³/mol. The number of nitrogens with two attached hydrogens (primary N) is 2. The molecule has 16 heavy (non-hydrogen) atoms. The first kappa shape index (κ1) is 12.8. The van der Waals surface area contributed by atoms with Crippen molar-refractivity contribution in [3.05, 3.63) is 18.3 Å². The quantitative estimate of drug-likeness (QED) is 0.313. The van der Waals surface area contributed by atoms with E-state index in [9.17, 15) is 4.79 Å². The van der Waals surface area contributed by atoms with Crippen molar-refractivity contribution < 1.29 is 4.79 Å². The number of nitrogens with one attached hydrogen (secondary N) is 1. The topological polar surface area (TPSA) is 94.0 Å². The number of aromatic nitrogens is 1. The lowest BCUT2D eigenvalue weighted by molar-refractivity contribution is -0.121. The molecule has 0 spiro atoms. The molecule has 0 saturated carbocycles. The summed E-state index contributed by atoms with van der Waals surface area (Å²) in [6.07, 6.45) is 1.65. The number of nitrogen functional groups attached to an aromatic ring is 1. The fraction of sp³-hybridized carbons (Fsp3) is 0.400. The van der Waals surface area contributed by atoms with Crippen LogP contribution in [0.1, 0.15) is 13.8 Å². The van der Waals surface area contributed by atoms with Crippen molar-refractivity contribution in [2.24, 2.45) is 11.8 Å². The third-order valence-corrected chi connectivity index (χ3v) is 3.55. The van der Waals surface area contributed by atoms with Crippen LogP contribution in [0.15, 0.2) is 23.2 Å². The van der Waals surface area contributed by atoms with E-state index in [1.165, 1.54) is 11.8 Å². The maximum Gasteiger partial charge on any atom is 0.247 e. The fourth-order valence-electron chi connectivity index (χ4n) is 1.18. The van der Waals surface area contributed by atoms with Gasteiger partial charge in [-0.3, -0.25) is 10.2 Å². The van der Waals surface area contributed by atoms with Crippen LogP contribution in [0, 0.1) is 5.92 Å². The van der Waals surface area contributed by atoms with E-state index in [2.05, 4.69) is 10.4 Å². The van der Waals surface area contributed by atoms with Crippen molar-refractivity contribution in [3.8, 4) is 0 Å². The number of anilines is 1. The summed E-state index contributed by atoms with van der Waals surface area (Å²) in [6.45, 7) is 3.94. The van der Waals surface area contributed by atoms with Crippen molar-refractivity contribution >= 4 is 23.5 Å². The molecule has 1 aromatic rings. The van der Waals surface area contributed by atoms with Crippen LogP contribution in [0.2, 0.25) is 0 Å². The van der Waals surface area contributed by atoms with E-state index < -0.39 is 0 Å². The second-order valence-electron chi connectivity index (χ2n) is 3.71. The summed E-state index contributed by atoms with van der Waals surface area (Å²) >= 11 is 1.43. The number of carbonyl (C=O) groups excluding carboxylic acids is 1. The van der Waals surface area contributed by atoms with Crippen molar-refractivity contribution in [2.45, 2.75) is 24.0 Å². The lowest BCUT2D eigenvalue weighted by Gasteiger charge is -2.18. The Morgan fingerprint density at radius 2 is 2.19 bits per heavy atom. The highest BCUT2D eigenvalue weighted by Gasteiger charge is 2.22. The van der Waals surface area contributed by atoms with E-state index in [0.29, 0.717) is 5.82 Å². The van der Waals surface area contributed by atoms with Crippen LogP contribution in [0.25, 0.3) is 0 Å². The maximum absolute atomic E-state index is 11.5. The zero-order valence-corrected chi connectivity index (χ0v) is 10.1. The van der Waals surface area contributed by atoms with Gasteiger partial charge in [-0.1, -0.05) is 13.8 Å². The first-order valence-corrected chi connectivity index (χ1v) is 5.81. The molecule has 0 bridgehead atoms. The fourth-order valence-corrected chi connectivity index (χ4v) is 2.18. The summed E-state index contributed by atoms with van der Waals surface area (Å²) in [4.78, 5) is 16.4. The van der Waals surface area contributed by atoms with E-state index in [-0.39, 0.29) is 17.1 Å². The maximum atomic E-state index is 11.5. The minimum absolute atomic E-state index is 0.183. The lowest BCUT2D eigenvalue weighted by atomic mass is 10.1. The van der Waals surface area contributed by atoms with Gasteiger partial charge in [-0.2, -0.15) is 0 Å². The first-order valence-electron chi connectivity index (χ1n) is 4.93. The van der Waals surface area contributed by atoms with Gasteiger partial charge in [-0.15, -0.1) is 11.8 Å². The van der Waals surface area contributed by atoms with Gasteiger partial charge in [0, 0.05) is 11.1 Å². The van der Waals surface area contributed by atoms with Gasteiger partial charge < -0.3 is 5.73 Å². The molecule has 0 aliphatic heterocycles. The Morgan fingerprint density at radius 1 is 1.50 bits per heavy atom. The average Bonchev–Trinajstić information content (AvgIpc) is 2.27. The zero-order chi connectivity index (χ0) is 12.1. The SMILES string of the molecule is CC(C)C(Sc1ccc(N)nc1)C(=O)NN. The van der Waals surface area contributed by atoms with Gasteiger partial charge in [-0.25, -0.2) is 10.8 Å². The molecular formula is C10H16N4OS. The molecule has 88 valence electrons. The summed E-state index contributed by atoms with van der Waals surface area (Å²) in [7, 11) is 0. The van der Waals surface area contributed by atoms with Crippen LogP contribution in [0.3, 0.4) is 0 Å². The smallest absolute Gasteiger partial charge is 0.247 e. The number of nitrogens with zero attached hydrogens (tertiary/aromatic N) is 1. The Kier molecular flexibility index (Phi) is 4.57. The number of amides is 1. The van der Waals surface area contributed by atoms with Crippen LogP contribution in [0.4, 0.5) is 5.82 Å². The number of carbonyl (C=O) groups is 1. The minimum atomic E-state index is -0.226. The molecular weight excluding hydrogens is 224 g/mol. The average molecular weight is 240 g/mol. The monoisotopic (exact) mass is 240 g/mol. The predicted octanol–water partition coefficient (Wildman–Crippen LogP) is 0.770. The minimum Gasteiger partial charge on any atom is -0.384 e. The largest absolute Gasteiger partial charge is 0.384 e. The number of hydrogen-bond acceptors (Lipinski definition) is 5. The molecule has 5 nitrogen and oxygen atoms in total. The Hall–Kier alpha value is -1.27. The number of hydrazine groups is 1. The van der Waals surface area contributed by atoms with Crippen LogP contribution < -0.4 is 17.0 Å². The molecule has 1 heterocycles. The molecule has 1 amide bonds. The number of rotatable bonds is 4. The van der Waals surface area contributed by atoms with Crippen molar-refractivity contribution in [1.29, 1.82) is 0 Å². The standard InChI is InChI=1S/C10H16N4OS/c1-6(2)9(10(15)14-12)16-7-3-4-8(11)13-5-7/h3-6,9H,12H2,1-2H3,(H2,11,13)(H,14,15). The number of hydrogen-bond donors (Lipinski definition) is 3. The van der Waals surface area contributed by atoms with Gasteiger partial charge in [-0.05, 0) is 18.1 Å². The van der Waals surface area contributed by atoms with Gasteiger partial charge >= 0.3 is 0 Å². The molecule has 1 atom stereocenters. The van der Waals surface area contributed by atoms with Gasteiger partial charge in [0.25, 0.3) is 0 Å². The van der Waals surface area contributed by atoms with Crippen LogP contribution >= 0.6 is 11.8 Å². The molecule has 6 heteroatoms. The van der Waals surface area contributed by atoms with E-state index >= 15 is 0 Å². The molecule has 1 aromatic heterocycles. The third-order valence-electron chi connectivity index (χ3n) is 2.03. The van der Waals surface area contributed by atoms with Gasteiger partial charge in [0.2, 0.25) is 5.91 Å². The summed E-state index contributed by atoms with van der Waals surface area (Å²) in [5.74, 6) is 5.61. The third kappa shape index (κ3) is 3.39. The van der Waals surface area contributed by atoms with Gasteiger partial charge in [0.1, 0.15) is 5.82 Å². The van der Waals surface area contributed by atoms with E-state index in [0.717, 1.165) is 4.90 Å². The Balaban J connectivity index is 2.75. The normalized spacial score (nSPS) is 12.5. The molecule has 0 radical (unpaired) electrons. The summed E-state index contributed by atoms with van der Waals surface area (Å²) in [6, 6.07) is 3.55. The Labute approximate surface area is 99.0 Å². The zero-order valence-electron chi connectivity index (χ0n) is 9.31. The molecule has 0 aliphatic rings. The number of pyridine rings is 1. The molecule has 1 unspecified atom stereocenters. The van der Waals surface area contributed by atoms with Gasteiger partial charge in [0.15, 0.2) is 0 Å². The van der Waals surface area contributed by atoms with Crippen molar-refractivity contribution in [3.63, 3.8) is 0 Å². The molecule has 0 aliphatic carbocycles. The van der Waals surface area contributed by atoms with Gasteiger partial charge in [0.05, 0.1) is 5.25 Å². The van der Waals surface area contributed by atoms with Crippen LogP contribution in [0.5, 0.6) is 0 Å². The number of thioether (sulfide) groups is 1. The molecule has 0 saturated heterocycles. The second-order valence-corrected chi connectivity index (χ2v) is 4.92. The lowest BCUT2D eigenvalue weighted by Crippen LogP contribution is -2.39. The molecule has 0 fully saturated rings. The summed E-state index contributed by atoms with van der Waals surface area (Å²) in [5, 5.41) is -0.226. The molecule has 5 N–H and O–H groups in total. The van der Waals surface area contributed by atoms with E-state index in [1.54, 1.807) is 12.3 Å². The van der Waals surface area contributed by atoms with Crippen molar-refractivity contribution in [1.82, 2.24) is 10.4 Å². The second kappa shape index (κ2) is 5.72. The van der Waals surface area contributed by atoms with Crippen LogP contribution in [-0.2, 0) is 4.79 Å². The van der Waals surface area contributed by atoms with E-state index in [4.69, 9.17) is 11.6 Å². The molecule has 1 rings (SSSR count). The Bertz CT molecular complexity index is 352. The van der Waals surface area contributed by atoms with E-state index in [1.807, 2.05) is 19.9 Å². The molecule has 0 aromatic carbocycles. The first-order chi connectivity index (χ1) is 7.54. The summed E-state index contributed by atoms with van der Waals surface area (Å²) < 4.78 is 0. The highest BCUT2D eigenvalue weighted by molar-refractivity contribution is 8.00. The highest BCUT2D eigenvalue weighted by atomic mass is 32.2. The van der Waals surface area contributed by atoms with Crippen LogP contribution in [-0.4, -0.2) is 16.1 Å². The highest BCUT2D eigenvalue weighted by Crippen LogP contribution is 2.27.